The molecule has 7 N–H and O–H groups in total. The average Bonchev–Trinajstić information content (AvgIpc) is 2.91. The summed E-state index contributed by atoms with van der Waals surface area (Å²) in [7, 11) is 0. The van der Waals surface area contributed by atoms with Crippen molar-refractivity contribution in [2.75, 3.05) is 13.2 Å². The Bertz CT molecular complexity index is 443. The lowest BCUT2D eigenvalue weighted by Crippen LogP contribution is -2.53. The van der Waals surface area contributed by atoms with Gasteiger partial charge in [-0.2, -0.15) is 0 Å². The maximum absolute atomic E-state index is 11.9. The quantitative estimate of drug-likeness (QED) is 0.248. The maximum Gasteiger partial charge on any atom is 0.217 e. The molecule has 8 nitrogen and oxygen atoms in total. The van der Waals surface area contributed by atoms with Crippen molar-refractivity contribution in [1.82, 2.24) is 10.6 Å². The van der Waals surface area contributed by atoms with Crippen molar-refractivity contribution in [3.8, 4) is 0 Å². The summed E-state index contributed by atoms with van der Waals surface area (Å²) in [6, 6.07) is -0.231. The smallest absolute Gasteiger partial charge is 0.217 e. The van der Waals surface area contributed by atoms with Gasteiger partial charge in [0.25, 0.3) is 0 Å². The molecule has 0 heterocycles. The third kappa shape index (κ3) is 6.66. The van der Waals surface area contributed by atoms with Crippen LogP contribution in [0.4, 0.5) is 0 Å². The number of rotatable bonds is 9. The number of nitrogens with two attached hydrogens (primary N) is 1. The SMILES string of the molecule is CCNC1CC(C(=O)CO)C(O)C1C(NC(C)=O)C(CC)CC.N=CN. The molecule has 0 spiro atoms. The van der Waals surface area contributed by atoms with Gasteiger partial charge in [-0.25, -0.2) is 0 Å². The summed E-state index contributed by atoms with van der Waals surface area (Å²) >= 11 is 0. The Kier molecular flexibility index (Phi) is 12.0. The van der Waals surface area contributed by atoms with E-state index in [2.05, 4.69) is 30.2 Å². The highest BCUT2D eigenvalue weighted by atomic mass is 16.3. The van der Waals surface area contributed by atoms with Crippen LogP contribution in [0, 0.1) is 23.2 Å². The first-order chi connectivity index (χ1) is 12.3. The minimum absolute atomic E-state index is 0.0482. The van der Waals surface area contributed by atoms with Crippen LogP contribution < -0.4 is 16.4 Å². The fourth-order valence-electron chi connectivity index (χ4n) is 4.02. The van der Waals surface area contributed by atoms with Crippen LogP contribution in [0.1, 0.15) is 47.0 Å². The molecule has 0 aromatic rings. The van der Waals surface area contributed by atoms with Crippen LogP contribution in [0.2, 0.25) is 0 Å². The van der Waals surface area contributed by atoms with E-state index in [-0.39, 0.29) is 35.6 Å². The number of carbonyl (C=O) groups excluding carboxylic acids is 2. The van der Waals surface area contributed by atoms with Crippen molar-refractivity contribution in [1.29, 1.82) is 5.41 Å². The van der Waals surface area contributed by atoms with Crippen LogP contribution >= 0.6 is 0 Å². The van der Waals surface area contributed by atoms with E-state index in [1.807, 2.05) is 6.92 Å². The number of carbonyl (C=O) groups is 2. The Morgan fingerprint density at radius 2 is 1.85 bits per heavy atom. The molecule has 5 atom stereocenters. The van der Waals surface area contributed by atoms with Crippen molar-refractivity contribution in [2.45, 2.75) is 65.1 Å². The molecule has 1 amide bonds. The summed E-state index contributed by atoms with van der Waals surface area (Å²) in [6.07, 6.45) is 2.18. The predicted octanol–water partition coefficient (Wildman–Crippen LogP) is 0.0160. The van der Waals surface area contributed by atoms with Gasteiger partial charge in [0, 0.05) is 30.8 Å². The Balaban J connectivity index is 0.00000194. The highest BCUT2D eigenvalue weighted by molar-refractivity contribution is 5.83. The number of hydrogen-bond acceptors (Lipinski definition) is 6. The first-order valence-corrected chi connectivity index (χ1v) is 9.35. The molecule has 0 aromatic heterocycles. The molecule has 0 bridgehead atoms. The summed E-state index contributed by atoms with van der Waals surface area (Å²) in [6.45, 7) is 7.78. The van der Waals surface area contributed by atoms with Crippen molar-refractivity contribution in [3.63, 3.8) is 0 Å². The zero-order chi connectivity index (χ0) is 20.3. The molecular formula is C18H36N4O4. The van der Waals surface area contributed by atoms with E-state index in [1.165, 1.54) is 6.92 Å². The summed E-state index contributed by atoms with van der Waals surface area (Å²) in [5, 5.41) is 32.1. The second-order valence-electron chi connectivity index (χ2n) is 6.67. The Morgan fingerprint density at radius 3 is 2.23 bits per heavy atom. The second kappa shape index (κ2) is 12.8. The minimum atomic E-state index is -0.851. The topological polar surface area (TPSA) is 149 Å². The van der Waals surface area contributed by atoms with Crippen LogP contribution in [0.3, 0.4) is 0 Å². The minimum Gasteiger partial charge on any atom is -0.392 e. The lowest BCUT2D eigenvalue weighted by molar-refractivity contribution is -0.129. The number of aliphatic hydroxyl groups is 2. The Morgan fingerprint density at radius 1 is 1.31 bits per heavy atom. The van der Waals surface area contributed by atoms with Gasteiger partial charge < -0.3 is 26.6 Å². The largest absolute Gasteiger partial charge is 0.392 e. The number of nitrogens with one attached hydrogen (secondary N) is 3. The summed E-state index contributed by atoms with van der Waals surface area (Å²) in [5.41, 5.74) is 4.39. The monoisotopic (exact) mass is 372 g/mol. The molecule has 1 rings (SSSR count). The molecule has 0 aliphatic heterocycles. The molecule has 26 heavy (non-hydrogen) atoms. The number of aliphatic hydroxyl groups excluding tert-OH is 2. The molecule has 1 fully saturated rings. The fraction of sp³-hybridized carbons (Fsp3) is 0.833. The van der Waals surface area contributed by atoms with E-state index in [1.54, 1.807) is 0 Å². The molecule has 0 saturated heterocycles. The summed E-state index contributed by atoms with van der Waals surface area (Å²) < 4.78 is 0. The lowest BCUT2D eigenvalue weighted by atomic mass is 9.80. The molecule has 0 radical (unpaired) electrons. The molecule has 1 aliphatic rings. The van der Waals surface area contributed by atoms with E-state index in [0.29, 0.717) is 6.42 Å². The van der Waals surface area contributed by atoms with Crippen molar-refractivity contribution < 1.29 is 19.8 Å². The van der Waals surface area contributed by atoms with Crippen LogP contribution in [-0.2, 0) is 9.59 Å². The molecule has 1 aliphatic carbocycles. The van der Waals surface area contributed by atoms with Crippen molar-refractivity contribution >= 4 is 18.0 Å². The first kappa shape index (κ1) is 24.5. The predicted molar refractivity (Wildman–Crippen MR) is 102 cm³/mol. The number of Topliss-reactive ketones (excluding diaryl/α,β-unsaturated/α-hetero) is 1. The average molecular weight is 373 g/mol. The maximum atomic E-state index is 11.9. The standard InChI is InChI=1S/C17H32N2O4.CH4N2/c1-5-11(6-2)16(19-10(4)21)15-13(18-7-3)8-12(17(15)23)14(22)9-20;2-1-3/h11-13,15-18,20,23H,5-9H2,1-4H3,(H,19,21);1H,(H3,2,3). The molecule has 0 aromatic carbocycles. The zero-order valence-electron chi connectivity index (χ0n) is 16.4. The zero-order valence-corrected chi connectivity index (χ0v) is 16.4. The van der Waals surface area contributed by atoms with Crippen LogP contribution in [0.5, 0.6) is 0 Å². The van der Waals surface area contributed by atoms with Crippen LogP contribution in [-0.4, -0.2) is 59.6 Å². The molecule has 5 unspecified atom stereocenters. The third-order valence-corrected chi connectivity index (χ3v) is 5.16. The Hall–Kier alpha value is -1.51. The van der Waals surface area contributed by atoms with Gasteiger partial charge in [0.1, 0.15) is 6.61 Å². The van der Waals surface area contributed by atoms with Gasteiger partial charge in [-0.05, 0) is 18.9 Å². The van der Waals surface area contributed by atoms with E-state index >= 15 is 0 Å². The van der Waals surface area contributed by atoms with Gasteiger partial charge in [-0.3, -0.25) is 15.0 Å². The first-order valence-electron chi connectivity index (χ1n) is 9.35. The Labute approximate surface area is 156 Å². The second-order valence-corrected chi connectivity index (χ2v) is 6.67. The summed E-state index contributed by atoms with van der Waals surface area (Å²) in [4.78, 5) is 23.6. The fourth-order valence-corrected chi connectivity index (χ4v) is 4.02. The van der Waals surface area contributed by atoms with E-state index in [9.17, 15) is 14.7 Å². The van der Waals surface area contributed by atoms with Gasteiger partial charge in [0.15, 0.2) is 5.78 Å². The number of ketones is 1. The van der Waals surface area contributed by atoms with Gasteiger partial charge in [0.2, 0.25) is 5.91 Å². The van der Waals surface area contributed by atoms with E-state index in [0.717, 1.165) is 25.7 Å². The lowest BCUT2D eigenvalue weighted by Gasteiger charge is -2.36. The van der Waals surface area contributed by atoms with Gasteiger partial charge >= 0.3 is 0 Å². The summed E-state index contributed by atoms with van der Waals surface area (Å²) in [5.74, 6) is -1.01. The van der Waals surface area contributed by atoms with Gasteiger partial charge in [-0.15, -0.1) is 0 Å². The molecule has 1 saturated carbocycles. The molecule has 152 valence electrons. The number of hydrogen-bond donors (Lipinski definition) is 6. The van der Waals surface area contributed by atoms with Crippen molar-refractivity contribution in [2.24, 2.45) is 23.5 Å². The third-order valence-electron chi connectivity index (χ3n) is 5.16. The van der Waals surface area contributed by atoms with E-state index in [4.69, 9.17) is 10.5 Å². The molecule has 8 heteroatoms. The molecular weight excluding hydrogens is 336 g/mol. The normalized spacial score (nSPS) is 26.0. The van der Waals surface area contributed by atoms with Gasteiger partial charge in [-0.1, -0.05) is 33.6 Å². The highest BCUT2D eigenvalue weighted by Gasteiger charge is 2.49. The van der Waals surface area contributed by atoms with Crippen LogP contribution in [0.15, 0.2) is 0 Å². The van der Waals surface area contributed by atoms with Crippen LogP contribution in [0.25, 0.3) is 0 Å². The highest BCUT2D eigenvalue weighted by Crippen LogP contribution is 2.38. The van der Waals surface area contributed by atoms with E-state index < -0.39 is 18.6 Å². The number of amides is 1. The van der Waals surface area contributed by atoms with Crippen molar-refractivity contribution in [3.05, 3.63) is 0 Å². The van der Waals surface area contributed by atoms with Gasteiger partial charge in [0.05, 0.1) is 12.4 Å².